The SMILES string of the molecule is CCC(N)C(c1cnn(C)c1)N1CCC(CC)(CC)CC1. The van der Waals surface area contributed by atoms with Gasteiger partial charge in [-0.2, -0.15) is 5.10 Å². The highest BCUT2D eigenvalue weighted by molar-refractivity contribution is 5.14. The van der Waals surface area contributed by atoms with Crippen molar-refractivity contribution < 1.29 is 0 Å². The van der Waals surface area contributed by atoms with Crippen LogP contribution in [0.3, 0.4) is 0 Å². The lowest BCUT2D eigenvalue weighted by molar-refractivity contribution is 0.0562. The van der Waals surface area contributed by atoms with Gasteiger partial charge in [0.2, 0.25) is 0 Å². The van der Waals surface area contributed by atoms with E-state index in [0.717, 1.165) is 19.5 Å². The maximum absolute atomic E-state index is 6.44. The number of rotatable bonds is 6. The van der Waals surface area contributed by atoms with Crippen LogP contribution in [0.15, 0.2) is 12.4 Å². The first-order valence-corrected chi connectivity index (χ1v) is 8.53. The van der Waals surface area contributed by atoms with Crippen molar-refractivity contribution in [3.05, 3.63) is 18.0 Å². The van der Waals surface area contributed by atoms with Gasteiger partial charge in [0.1, 0.15) is 0 Å². The number of aryl methyl sites for hydroxylation is 1. The molecule has 0 saturated carbocycles. The van der Waals surface area contributed by atoms with Crippen molar-refractivity contribution in [2.45, 2.75) is 65.0 Å². The Balaban J connectivity index is 2.13. The van der Waals surface area contributed by atoms with Crippen LogP contribution in [0.2, 0.25) is 0 Å². The highest BCUT2D eigenvalue weighted by Crippen LogP contribution is 2.40. The predicted molar refractivity (Wildman–Crippen MR) is 88.0 cm³/mol. The van der Waals surface area contributed by atoms with Crippen molar-refractivity contribution in [2.24, 2.45) is 18.2 Å². The molecule has 4 nitrogen and oxygen atoms in total. The molecule has 2 heterocycles. The normalized spacial score (nSPS) is 22.1. The van der Waals surface area contributed by atoms with Crippen LogP contribution in [0, 0.1) is 5.41 Å². The molecular formula is C17H32N4. The fourth-order valence-electron chi connectivity index (χ4n) is 3.78. The summed E-state index contributed by atoms with van der Waals surface area (Å²) in [5, 5.41) is 4.34. The molecular weight excluding hydrogens is 260 g/mol. The lowest BCUT2D eigenvalue weighted by Gasteiger charge is -2.45. The van der Waals surface area contributed by atoms with E-state index in [1.165, 1.54) is 31.2 Å². The lowest BCUT2D eigenvalue weighted by Crippen LogP contribution is -2.47. The Kier molecular flexibility index (Phi) is 5.44. The van der Waals surface area contributed by atoms with Gasteiger partial charge in [-0.05, 0) is 37.8 Å². The average molecular weight is 292 g/mol. The Morgan fingerprint density at radius 2 is 1.86 bits per heavy atom. The van der Waals surface area contributed by atoms with E-state index in [1.54, 1.807) is 0 Å². The van der Waals surface area contributed by atoms with E-state index >= 15 is 0 Å². The number of nitrogens with two attached hydrogens (primary N) is 1. The van der Waals surface area contributed by atoms with Gasteiger partial charge >= 0.3 is 0 Å². The lowest BCUT2D eigenvalue weighted by atomic mass is 9.73. The zero-order valence-corrected chi connectivity index (χ0v) is 14.2. The minimum Gasteiger partial charge on any atom is -0.326 e. The average Bonchev–Trinajstić information content (AvgIpc) is 2.94. The van der Waals surface area contributed by atoms with Crippen LogP contribution in [0.5, 0.6) is 0 Å². The van der Waals surface area contributed by atoms with Gasteiger partial charge < -0.3 is 5.73 Å². The molecule has 1 aromatic rings. The van der Waals surface area contributed by atoms with Crippen LogP contribution < -0.4 is 5.73 Å². The Labute approximate surface area is 129 Å². The molecule has 0 radical (unpaired) electrons. The molecule has 1 aliphatic rings. The maximum atomic E-state index is 6.44. The molecule has 2 unspecified atom stereocenters. The van der Waals surface area contributed by atoms with E-state index in [4.69, 9.17) is 5.73 Å². The molecule has 1 saturated heterocycles. The van der Waals surface area contributed by atoms with E-state index in [9.17, 15) is 0 Å². The zero-order valence-electron chi connectivity index (χ0n) is 14.2. The first kappa shape index (κ1) is 16.5. The summed E-state index contributed by atoms with van der Waals surface area (Å²) in [6, 6.07) is 0.500. The first-order valence-electron chi connectivity index (χ1n) is 8.53. The van der Waals surface area contributed by atoms with Crippen LogP contribution in [-0.4, -0.2) is 33.8 Å². The van der Waals surface area contributed by atoms with E-state index in [1.807, 2.05) is 17.9 Å². The largest absolute Gasteiger partial charge is 0.326 e. The van der Waals surface area contributed by atoms with Crippen molar-refractivity contribution in [3.8, 4) is 0 Å². The fraction of sp³-hybridized carbons (Fsp3) is 0.824. The molecule has 1 fully saturated rings. The van der Waals surface area contributed by atoms with Gasteiger partial charge in [-0.15, -0.1) is 0 Å². The van der Waals surface area contributed by atoms with Crippen molar-refractivity contribution >= 4 is 0 Å². The van der Waals surface area contributed by atoms with Gasteiger partial charge in [-0.1, -0.05) is 33.6 Å². The van der Waals surface area contributed by atoms with Gasteiger partial charge in [0, 0.05) is 24.8 Å². The van der Waals surface area contributed by atoms with E-state index in [2.05, 4.69) is 37.0 Å². The second kappa shape index (κ2) is 6.93. The third-order valence-corrected chi connectivity index (χ3v) is 5.70. The van der Waals surface area contributed by atoms with E-state index in [0.29, 0.717) is 11.5 Å². The van der Waals surface area contributed by atoms with Gasteiger partial charge in [-0.3, -0.25) is 9.58 Å². The highest BCUT2D eigenvalue weighted by atomic mass is 15.3. The molecule has 1 aliphatic heterocycles. The molecule has 2 rings (SSSR count). The molecule has 0 aromatic carbocycles. The van der Waals surface area contributed by atoms with Crippen molar-refractivity contribution in [2.75, 3.05) is 13.1 Å². The van der Waals surface area contributed by atoms with Crippen LogP contribution in [0.25, 0.3) is 0 Å². The smallest absolute Gasteiger partial charge is 0.0538 e. The van der Waals surface area contributed by atoms with E-state index < -0.39 is 0 Å². The summed E-state index contributed by atoms with van der Waals surface area (Å²) in [5.74, 6) is 0. The van der Waals surface area contributed by atoms with Gasteiger partial charge in [0.15, 0.2) is 0 Å². The molecule has 0 aliphatic carbocycles. The summed E-state index contributed by atoms with van der Waals surface area (Å²) < 4.78 is 1.89. The predicted octanol–water partition coefficient (Wildman–Crippen LogP) is 3.10. The minimum atomic E-state index is 0.185. The Morgan fingerprint density at radius 1 is 1.24 bits per heavy atom. The summed E-state index contributed by atoms with van der Waals surface area (Å²) >= 11 is 0. The molecule has 0 spiro atoms. The number of hydrogen-bond donors (Lipinski definition) is 1. The van der Waals surface area contributed by atoms with E-state index in [-0.39, 0.29) is 6.04 Å². The van der Waals surface area contributed by atoms with Crippen LogP contribution >= 0.6 is 0 Å². The standard InChI is InChI=1S/C17H32N4/c1-5-15(18)16(14-12-19-20(4)13-14)21-10-8-17(6-2,7-3)9-11-21/h12-13,15-16H,5-11,18H2,1-4H3. The van der Waals surface area contributed by atoms with Gasteiger partial charge in [0.05, 0.1) is 12.2 Å². The summed E-state index contributed by atoms with van der Waals surface area (Å²) in [6.07, 6.45) is 10.3. The summed E-state index contributed by atoms with van der Waals surface area (Å²) in [6.45, 7) is 9.19. The number of piperidine rings is 1. The second-order valence-electron chi connectivity index (χ2n) is 6.71. The molecule has 2 atom stereocenters. The Bertz CT molecular complexity index is 426. The summed E-state index contributed by atoms with van der Waals surface area (Å²) in [4.78, 5) is 2.59. The van der Waals surface area contributed by atoms with Crippen molar-refractivity contribution in [1.29, 1.82) is 0 Å². The highest BCUT2D eigenvalue weighted by Gasteiger charge is 2.35. The second-order valence-corrected chi connectivity index (χ2v) is 6.71. The molecule has 4 heteroatoms. The third-order valence-electron chi connectivity index (χ3n) is 5.70. The molecule has 0 amide bonds. The molecule has 1 aromatic heterocycles. The van der Waals surface area contributed by atoms with Crippen LogP contribution in [0.1, 0.15) is 64.5 Å². The zero-order chi connectivity index (χ0) is 15.5. The first-order chi connectivity index (χ1) is 10.0. The number of hydrogen-bond acceptors (Lipinski definition) is 3. The van der Waals surface area contributed by atoms with Gasteiger partial charge in [-0.25, -0.2) is 0 Å². The van der Waals surface area contributed by atoms with Crippen molar-refractivity contribution in [1.82, 2.24) is 14.7 Å². The quantitative estimate of drug-likeness (QED) is 0.876. The Morgan fingerprint density at radius 3 is 2.29 bits per heavy atom. The van der Waals surface area contributed by atoms with Gasteiger partial charge in [0.25, 0.3) is 0 Å². The fourth-order valence-corrected chi connectivity index (χ4v) is 3.78. The minimum absolute atomic E-state index is 0.185. The number of likely N-dealkylation sites (tertiary alicyclic amines) is 1. The number of nitrogens with zero attached hydrogens (tertiary/aromatic N) is 3. The summed E-state index contributed by atoms with van der Waals surface area (Å²) in [7, 11) is 1.98. The Hall–Kier alpha value is -0.870. The monoisotopic (exact) mass is 292 g/mol. The third kappa shape index (κ3) is 3.49. The topological polar surface area (TPSA) is 47.1 Å². The van der Waals surface area contributed by atoms with Crippen LogP contribution in [-0.2, 0) is 7.05 Å². The molecule has 21 heavy (non-hydrogen) atoms. The van der Waals surface area contributed by atoms with Crippen molar-refractivity contribution in [3.63, 3.8) is 0 Å². The molecule has 120 valence electrons. The molecule has 2 N–H and O–H groups in total. The van der Waals surface area contributed by atoms with Crippen LogP contribution in [0.4, 0.5) is 0 Å². The molecule has 0 bridgehead atoms. The maximum Gasteiger partial charge on any atom is 0.0538 e. The number of aromatic nitrogens is 2. The summed E-state index contributed by atoms with van der Waals surface area (Å²) in [5.41, 5.74) is 8.28.